The fourth-order valence-electron chi connectivity index (χ4n) is 3.50. The van der Waals surface area contributed by atoms with E-state index in [9.17, 15) is 22.8 Å². The Morgan fingerprint density at radius 2 is 1.83 bits per heavy atom. The van der Waals surface area contributed by atoms with Crippen molar-refractivity contribution in [2.75, 3.05) is 13.1 Å². The molecule has 0 spiro atoms. The minimum absolute atomic E-state index is 0.0481. The van der Waals surface area contributed by atoms with Crippen molar-refractivity contribution in [1.82, 2.24) is 4.90 Å². The van der Waals surface area contributed by atoms with Crippen molar-refractivity contribution in [1.29, 1.82) is 0 Å². The van der Waals surface area contributed by atoms with Crippen molar-refractivity contribution in [3.63, 3.8) is 0 Å². The number of hydrogen-bond donors (Lipinski definition) is 0. The molecular weight excluding hydrogens is 385 g/mol. The summed E-state index contributed by atoms with van der Waals surface area (Å²) < 4.78 is 44.4. The Morgan fingerprint density at radius 1 is 1.21 bits per heavy atom. The molecule has 3 atom stereocenters. The number of alkyl halides is 3. The molecule has 1 saturated carbocycles. The van der Waals surface area contributed by atoms with E-state index in [2.05, 4.69) is 0 Å². The maximum absolute atomic E-state index is 12.9. The number of esters is 1. The number of likely N-dealkylation sites (tertiary alicyclic amines) is 1. The van der Waals surface area contributed by atoms with Crippen LogP contribution in [0, 0.1) is 17.3 Å². The van der Waals surface area contributed by atoms with Gasteiger partial charge in [-0.15, -0.1) is 0 Å². The number of carbonyl (C=O) groups excluding carboxylic acids is 2. The molecule has 2 unspecified atom stereocenters. The first kappa shape index (κ1) is 23.7. The zero-order valence-electron chi connectivity index (χ0n) is 18.0. The molecule has 0 radical (unpaired) electrons. The number of amides is 1. The van der Waals surface area contributed by atoms with Crippen LogP contribution in [0.5, 0.6) is 0 Å². The first-order valence-electron chi connectivity index (χ1n) is 10.4. The van der Waals surface area contributed by atoms with E-state index in [0.717, 1.165) is 19.3 Å². The smallest absolute Gasteiger partial charge is 0.397 e. The van der Waals surface area contributed by atoms with Gasteiger partial charge in [-0.25, -0.2) is 0 Å². The molecular formula is C21H33F3N2O3. The summed E-state index contributed by atoms with van der Waals surface area (Å²) in [5.74, 6) is -0.880. The van der Waals surface area contributed by atoms with Gasteiger partial charge >= 0.3 is 12.1 Å². The predicted octanol–water partition coefficient (Wildman–Crippen LogP) is 4.39. The fraction of sp³-hybridized carbons (Fsp3) is 0.857. The Bertz CT molecular complexity index is 636. The van der Waals surface area contributed by atoms with Crippen molar-refractivity contribution in [2.45, 2.75) is 85.0 Å². The van der Waals surface area contributed by atoms with Crippen molar-refractivity contribution in [3.05, 3.63) is 0 Å². The molecule has 0 bridgehead atoms. The minimum Gasteiger partial charge on any atom is -0.460 e. The maximum Gasteiger partial charge on any atom is 0.397 e. The summed E-state index contributed by atoms with van der Waals surface area (Å²) in [6.07, 6.45) is -3.32. The fourth-order valence-corrected chi connectivity index (χ4v) is 3.50. The van der Waals surface area contributed by atoms with Crippen LogP contribution in [-0.2, 0) is 14.3 Å². The molecule has 5 nitrogen and oxygen atoms in total. The van der Waals surface area contributed by atoms with E-state index >= 15 is 0 Å². The lowest BCUT2D eigenvalue weighted by atomic mass is 9.86. The van der Waals surface area contributed by atoms with Crippen LogP contribution in [0.1, 0.15) is 66.7 Å². The first-order chi connectivity index (χ1) is 13.3. The molecule has 166 valence electrons. The lowest BCUT2D eigenvalue weighted by Crippen LogP contribution is -2.58. The molecule has 2 rings (SSSR count). The Labute approximate surface area is 171 Å². The second-order valence-electron chi connectivity index (χ2n) is 9.40. The number of carbonyl (C=O) groups is 2. The van der Waals surface area contributed by atoms with E-state index in [4.69, 9.17) is 9.73 Å². The van der Waals surface area contributed by atoms with E-state index in [-0.39, 0.29) is 12.5 Å². The van der Waals surface area contributed by atoms with Gasteiger partial charge in [-0.1, -0.05) is 13.3 Å². The van der Waals surface area contributed by atoms with Gasteiger partial charge in [0.2, 0.25) is 5.91 Å². The van der Waals surface area contributed by atoms with Crippen LogP contribution in [0.25, 0.3) is 0 Å². The van der Waals surface area contributed by atoms with Crippen LogP contribution >= 0.6 is 0 Å². The zero-order chi connectivity index (χ0) is 22.0. The second kappa shape index (κ2) is 9.04. The molecule has 1 aliphatic carbocycles. The van der Waals surface area contributed by atoms with Crippen LogP contribution in [-0.4, -0.2) is 53.9 Å². The third kappa shape index (κ3) is 7.00. The van der Waals surface area contributed by atoms with Crippen molar-refractivity contribution in [3.8, 4) is 0 Å². The van der Waals surface area contributed by atoms with Crippen molar-refractivity contribution in [2.24, 2.45) is 22.2 Å². The van der Waals surface area contributed by atoms with Crippen LogP contribution < -0.4 is 0 Å². The summed E-state index contributed by atoms with van der Waals surface area (Å²) in [6.45, 7) is 9.57. The zero-order valence-corrected chi connectivity index (χ0v) is 18.0. The van der Waals surface area contributed by atoms with Crippen LogP contribution in [0.15, 0.2) is 4.99 Å². The summed E-state index contributed by atoms with van der Waals surface area (Å²) in [6, 6.07) is -0.752. The third-order valence-corrected chi connectivity index (χ3v) is 5.48. The average Bonchev–Trinajstić information content (AvgIpc) is 3.40. The molecule has 0 aromatic rings. The quantitative estimate of drug-likeness (QED) is 0.601. The Hall–Kier alpha value is -1.60. The van der Waals surface area contributed by atoms with E-state index < -0.39 is 42.0 Å². The Kier molecular flexibility index (Phi) is 7.38. The monoisotopic (exact) mass is 418 g/mol. The molecule has 2 fully saturated rings. The standard InChI is InChI=1S/C21H33F3N2O3/c1-6-14-9-16(25-11-15-7-8-15)18(13(2)29-19(28)20(3,4)5)26(12-14)17(27)10-21(22,23)24/h13-15,18H,6-12H2,1-5H3/b25-16+/t13-,14?,18?/m0/s1. The largest absolute Gasteiger partial charge is 0.460 e. The summed E-state index contributed by atoms with van der Waals surface area (Å²) in [5.41, 5.74) is -0.0687. The van der Waals surface area contributed by atoms with Gasteiger partial charge in [-0.05, 0) is 58.8 Å². The lowest BCUT2D eigenvalue weighted by Gasteiger charge is -2.43. The number of nitrogens with zero attached hydrogens (tertiary/aromatic N) is 2. The normalized spacial score (nSPS) is 25.8. The van der Waals surface area contributed by atoms with Crippen LogP contribution in [0.3, 0.4) is 0 Å². The highest BCUT2D eigenvalue weighted by Crippen LogP contribution is 2.32. The molecule has 0 aromatic heterocycles. The number of halogens is 3. The first-order valence-corrected chi connectivity index (χ1v) is 10.4. The number of hydrogen-bond acceptors (Lipinski definition) is 4. The summed E-state index contributed by atoms with van der Waals surface area (Å²) in [5, 5.41) is 0. The van der Waals surface area contributed by atoms with Crippen molar-refractivity contribution < 1.29 is 27.5 Å². The number of ether oxygens (including phenoxy) is 1. The summed E-state index contributed by atoms with van der Waals surface area (Å²) in [4.78, 5) is 30.9. The van der Waals surface area contributed by atoms with Gasteiger partial charge < -0.3 is 9.64 Å². The summed E-state index contributed by atoms with van der Waals surface area (Å²) in [7, 11) is 0. The van der Waals surface area contributed by atoms with Crippen molar-refractivity contribution >= 4 is 17.6 Å². The van der Waals surface area contributed by atoms with E-state index in [1.807, 2.05) is 6.92 Å². The third-order valence-electron chi connectivity index (χ3n) is 5.48. The number of rotatable bonds is 6. The molecule has 1 heterocycles. The molecule has 8 heteroatoms. The van der Waals surface area contributed by atoms with Gasteiger partial charge in [0.25, 0.3) is 0 Å². The lowest BCUT2D eigenvalue weighted by molar-refractivity contribution is -0.170. The molecule has 29 heavy (non-hydrogen) atoms. The highest BCUT2D eigenvalue weighted by atomic mass is 19.4. The highest BCUT2D eigenvalue weighted by Gasteiger charge is 2.44. The van der Waals surface area contributed by atoms with E-state index in [1.165, 1.54) is 4.90 Å². The van der Waals surface area contributed by atoms with Gasteiger partial charge in [0.05, 0.1) is 5.41 Å². The van der Waals surface area contributed by atoms with Crippen LogP contribution in [0.4, 0.5) is 13.2 Å². The van der Waals surface area contributed by atoms with Gasteiger partial charge in [0, 0.05) is 18.8 Å². The summed E-state index contributed by atoms with van der Waals surface area (Å²) >= 11 is 0. The number of aliphatic imine (C=N–C) groups is 1. The average molecular weight is 419 g/mol. The SMILES string of the molecule is CCC1C/C(=N\CC2CC2)C([C@H](C)OC(=O)C(C)(C)C)N(C(=O)CC(F)(F)F)C1. The molecule has 1 aliphatic heterocycles. The maximum atomic E-state index is 12.9. The number of piperidine rings is 1. The van der Waals surface area contributed by atoms with E-state index in [1.54, 1.807) is 27.7 Å². The van der Waals surface area contributed by atoms with Gasteiger partial charge in [-0.3, -0.25) is 14.6 Å². The molecule has 2 aliphatic rings. The Balaban J connectivity index is 2.32. The van der Waals surface area contributed by atoms with Crippen LogP contribution in [0.2, 0.25) is 0 Å². The highest BCUT2D eigenvalue weighted by molar-refractivity contribution is 5.95. The van der Waals surface area contributed by atoms with E-state index in [0.29, 0.717) is 24.6 Å². The molecule has 0 N–H and O–H groups in total. The topological polar surface area (TPSA) is 59.0 Å². The molecule has 0 aromatic carbocycles. The Morgan fingerprint density at radius 3 is 2.31 bits per heavy atom. The minimum atomic E-state index is -4.59. The van der Waals surface area contributed by atoms with Gasteiger partial charge in [0.1, 0.15) is 18.6 Å². The van der Waals surface area contributed by atoms with Gasteiger partial charge in [-0.2, -0.15) is 13.2 Å². The van der Waals surface area contributed by atoms with Gasteiger partial charge in [0.15, 0.2) is 0 Å². The molecule has 1 amide bonds. The predicted molar refractivity (Wildman–Crippen MR) is 105 cm³/mol. The second-order valence-corrected chi connectivity index (χ2v) is 9.40. The molecule has 1 saturated heterocycles.